The van der Waals surface area contributed by atoms with Crippen molar-refractivity contribution >= 4 is 47.8 Å². The van der Waals surface area contributed by atoms with Gasteiger partial charge >= 0.3 is 0 Å². The van der Waals surface area contributed by atoms with Gasteiger partial charge in [-0.1, -0.05) is 47.8 Å². The minimum atomic E-state index is -0.262. The predicted octanol–water partition coefficient (Wildman–Crippen LogP) is 2.20. The summed E-state index contributed by atoms with van der Waals surface area (Å²) in [6.45, 7) is 0.168. The van der Waals surface area contributed by atoms with Crippen LogP contribution in [0.4, 0.5) is 0 Å². The van der Waals surface area contributed by atoms with Gasteiger partial charge in [-0.3, -0.25) is 0 Å². The van der Waals surface area contributed by atoms with E-state index in [1.165, 1.54) is 0 Å². The van der Waals surface area contributed by atoms with Crippen LogP contribution < -0.4 is 0 Å². The molecule has 8 heavy (non-hydrogen) atoms. The van der Waals surface area contributed by atoms with Crippen molar-refractivity contribution in [3.05, 3.63) is 0 Å². The van der Waals surface area contributed by atoms with Crippen molar-refractivity contribution in [2.75, 3.05) is 6.61 Å². The van der Waals surface area contributed by atoms with Gasteiger partial charge in [0.05, 0.1) is 0 Å². The summed E-state index contributed by atoms with van der Waals surface area (Å²) in [5.41, 5.74) is 0. The predicted molar refractivity (Wildman–Crippen MR) is 41.2 cm³/mol. The van der Waals surface area contributed by atoms with Crippen molar-refractivity contribution in [3.8, 4) is 0 Å². The number of hydrogen-bond donors (Lipinski definition) is 1. The van der Waals surface area contributed by atoms with E-state index in [-0.39, 0.29) is 30.5 Å². The zero-order chi connectivity index (χ0) is 5.91. The molecule has 0 aromatic heterocycles. The van der Waals surface area contributed by atoms with Crippen LogP contribution in [0.25, 0.3) is 0 Å². The van der Waals surface area contributed by atoms with Crippen molar-refractivity contribution in [3.63, 3.8) is 0 Å². The molecule has 0 aromatic rings. The minimum absolute atomic E-state index is 0. The van der Waals surface area contributed by atoms with Crippen LogP contribution in [0.1, 0.15) is 6.42 Å². The van der Waals surface area contributed by atoms with E-state index in [1.807, 2.05) is 0 Å². The Hall–Kier alpha value is 2.11. The second kappa shape index (κ2) is 5.87. The summed E-state index contributed by atoms with van der Waals surface area (Å²) in [5.74, 6) is 0. The van der Waals surface area contributed by atoms with Crippen molar-refractivity contribution < 1.29 is 26.8 Å². The van der Waals surface area contributed by atoms with Crippen molar-refractivity contribution in [2.45, 2.75) is 8.56 Å². The van der Waals surface area contributed by atoms with Gasteiger partial charge in [-0.15, -0.1) is 0 Å². The monoisotopic (exact) mass is 342 g/mol. The molecule has 0 fully saturated rings. The molecule has 0 bridgehead atoms. The third kappa shape index (κ3) is 11.0. The fraction of sp³-hybridized carbons (Fsp3) is 1.00. The number of aliphatic hydroxyl groups excluding tert-OH is 1. The average molecular weight is 345 g/mol. The van der Waals surface area contributed by atoms with Gasteiger partial charge in [0.1, 0.15) is 2.14 Å². The van der Waals surface area contributed by atoms with Crippen LogP contribution in [-0.4, -0.2) is 13.9 Å². The van der Waals surface area contributed by atoms with Gasteiger partial charge in [0.25, 0.3) is 0 Å². The van der Waals surface area contributed by atoms with Gasteiger partial charge in [-0.25, -0.2) is 0 Å². The Kier molecular flexibility index (Phi) is 9.36. The maximum Gasteiger partial charge on any atom is 0.137 e. The van der Waals surface area contributed by atoms with Crippen molar-refractivity contribution in [2.24, 2.45) is 0 Å². The fourth-order valence-corrected chi connectivity index (χ4v) is 0.659. The first-order chi connectivity index (χ1) is 3.06. The molecule has 0 atom stereocenters. The Morgan fingerprint density at radius 2 is 1.62 bits per heavy atom. The summed E-state index contributed by atoms with van der Waals surface area (Å²) < 4.78 is -0.262. The van der Waals surface area contributed by atoms with Crippen LogP contribution in [0.2, 0.25) is 0 Å². The zero-order valence-corrected chi connectivity index (χ0v) is 10.3. The summed E-state index contributed by atoms with van der Waals surface area (Å²) >= 11 is 9.64. The molecule has 0 heterocycles. The summed E-state index contributed by atoms with van der Waals surface area (Å²) in [6.07, 6.45) is 0.646. The van der Waals surface area contributed by atoms with Gasteiger partial charge in [-0.05, 0) is 0 Å². The fourth-order valence-electron chi connectivity index (χ4n) is 0.127. The van der Waals surface area contributed by atoms with Gasteiger partial charge in [-0.2, -0.15) is 0 Å². The molecule has 0 saturated carbocycles. The van der Waals surface area contributed by atoms with E-state index in [2.05, 4.69) is 47.8 Å². The normalized spacial score (nSPS) is 10.5. The molecule has 0 spiro atoms. The topological polar surface area (TPSA) is 20.2 Å². The zero-order valence-electron chi connectivity index (χ0n) is 4.00. The van der Waals surface area contributed by atoms with E-state index in [1.54, 1.807) is 0 Å². The van der Waals surface area contributed by atoms with Crippen LogP contribution in [-0.2, 0) is 21.7 Å². The first kappa shape index (κ1) is 12.8. The van der Waals surface area contributed by atoms with E-state index in [9.17, 15) is 0 Å². The molecule has 0 amide bonds. The van der Waals surface area contributed by atoms with Gasteiger partial charge < -0.3 is 5.11 Å². The van der Waals surface area contributed by atoms with E-state index in [0.717, 1.165) is 0 Å². The van der Waals surface area contributed by atoms with Crippen LogP contribution in [0.5, 0.6) is 0 Å². The Morgan fingerprint density at radius 3 is 1.62 bits per heavy atom. The number of alkyl halides is 3. The molecule has 48 valence electrons. The number of rotatable bonds is 1. The molecule has 0 unspecified atom stereocenters. The first-order valence-electron chi connectivity index (χ1n) is 1.74. The molecular weight excluding hydrogens is 340 g/mol. The molecule has 1 N–H and O–H groups in total. The van der Waals surface area contributed by atoms with E-state index >= 15 is 0 Å². The summed E-state index contributed by atoms with van der Waals surface area (Å²) in [7, 11) is 0. The Morgan fingerprint density at radius 1 is 1.25 bits per heavy atom. The van der Waals surface area contributed by atoms with Crippen LogP contribution in [0.15, 0.2) is 0 Å². The van der Waals surface area contributed by atoms with Crippen LogP contribution in [0.3, 0.4) is 0 Å². The van der Waals surface area contributed by atoms with E-state index < -0.39 is 0 Å². The Balaban J connectivity index is 0. The number of aliphatic hydroxyl groups is 1. The second-order valence-electron chi connectivity index (χ2n) is 1.09. The van der Waals surface area contributed by atoms with Crippen LogP contribution in [0, 0.1) is 0 Å². The van der Waals surface area contributed by atoms with Gasteiger partial charge in [0.2, 0.25) is 0 Å². The summed E-state index contributed by atoms with van der Waals surface area (Å²) in [4.78, 5) is 0. The summed E-state index contributed by atoms with van der Waals surface area (Å²) in [5, 5.41) is 8.31. The Bertz CT molecular complexity index is 53.0. The molecule has 5 heteroatoms. The SMILES string of the molecule is OCCC(Br)(Br)Br.[Ti]. The molecule has 0 aromatic carbocycles. The average Bonchev–Trinajstić information content (AvgIpc) is 1.30. The maximum absolute atomic E-state index is 8.31. The Labute approximate surface area is 88.9 Å². The first-order valence-corrected chi connectivity index (χ1v) is 4.12. The smallest absolute Gasteiger partial charge is 0.137 e. The largest absolute Gasteiger partial charge is 0.396 e. The molecule has 0 radical (unpaired) electrons. The number of hydrogen-bond acceptors (Lipinski definition) is 1. The standard InChI is InChI=1S/C3H5Br3O.Ti/c4-3(5,6)1-2-7;/h7H,1-2H2;. The van der Waals surface area contributed by atoms with E-state index in [4.69, 9.17) is 5.11 Å². The van der Waals surface area contributed by atoms with Crippen molar-refractivity contribution in [1.82, 2.24) is 0 Å². The molecule has 0 rings (SSSR count). The molecular formula is C3H5Br3OTi. The van der Waals surface area contributed by atoms with Crippen LogP contribution >= 0.6 is 47.8 Å². The quantitative estimate of drug-likeness (QED) is 0.571. The molecule has 0 aliphatic rings. The molecule has 0 aliphatic heterocycles. The summed E-state index contributed by atoms with van der Waals surface area (Å²) in [6, 6.07) is 0. The van der Waals surface area contributed by atoms with Gasteiger partial charge in [0, 0.05) is 34.7 Å². The number of halogens is 3. The van der Waals surface area contributed by atoms with Gasteiger partial charge in [0.15, 0.2) is 0 Å². The van der Waals surface area contributed by atoms with E-state index in [0.29, 0.717) is 6.42 Å². The minimum Gasteiger partial charge on any atom is -0.396 e. The second-order valence-corrected chi connectivity index (χ2v) is 8.34. The maximum atomic E-state index is 8.31. The third-order valence-corrected chi connectivity index (χ3v) is 1.58. The molecule has 1 nitrogen and oxygen atoms in total. The molecule has 0 aliphatic carbocycles. The molecule has 0 saturated heterocycles. The van der Waals surface area contributed by atoms with Crippen molar-refractivity contribution in [1.29, 1.82) is 0 Å². The third-order valence-electron chi connectivity index (χ3n) is 0.395.